The predicted molar refractivity (Wildman–Crippen MR) is 127 cm³/mol. The quantitative estimate of drug-likeness (QED) is 0.555. The van der Waals surface area contributed by atoms with Crippen molar-refractivity contribution in [1.29, 1.82) is 0 Å². The van der Waals surface area contributed by atoms with Gasteiger partial charge in [0.15, 0.2) is 0 Å². The van der Waals surface area contributed by atoms with Gasteiger partial charge in [0.1, 0.15) is 5.66 Å². The number of aryl methyl sites for hydroxylation is 1. The molecule has 1 saturated heterocycles. The fourth-order valence-electron chi connectivity index (χ4n) is 4.56. The molecule has 0 saturated carbocycles. The first-order valence-corrected chi connectivity index (χ1v) is 11.4. The molecule has 1 unspecified atom stereocenters. The van der Waals surface area contributed by atoms with Crippen molar-refractivity contribution < 1.29 is 14.6 Å². The number of rotatable bonds is 9. The molecule has 2 N–H and O–H groups in total. The Hall–Kier alpha value is -2.53. The first kappa shape index (κ1) is 23.1. The Bertz CT molecular complexity index is 865. The Morgan fingerprint density at radius 2 is 1.87 bits per heavy atom. The van der Waals surface area contributed by atoms with Crippen LogP contribution in [0.5, 0.6) is 0 Å². The van der Waals surface area contributed by atoms with E-state index in [-0.39, 0.29) is 18.3 Å². The molecule has 5 heteroatoms. The Balaban J connectivity index is 2.04. The van der Waals surface area contributed by atoms with E-state index in [2.05, 4.69) is 74.3 Å². The molecule has 1 fully saturated rings. The second kappa shape index (κ2) is 10.2. The largest absolute Gasteiger partial charge is 0.481 e. The highest BCUT2D eigenvalue weighted by atomic mass is 16.5. The molecule has 0 spiro atoms. The van der Waals surface area contributed by atoms with Crippen molar-refractivity contribution in [3.05, 3.63) is 59.7 Å². The van der Waals surface area contributed by atoms with Gasteiger partial charge in [-0.05, 0) is 54.0 Å². The lowest BCUT2D eigenvalue weighted by Crippen LogP contribution is -2.65. The summed E-state index contributed by atoms with van der Waals surface area (Å²) in [5, 5.41) is 13.3. The van der Waals surface area contributed by atoms with Crippen molar-refractivity contribution >= 4 is 17.3 Å². The van der Waals surface area contributed by atoms with E-state index in [1.807, 2.05) is 12.1 Å². The van der Waals surface area contributed by atoms with Crippen molar-refractivity contribution in [2.24, 2.45) is 5.92 Å². The standard InChI is InChI=1S/C26H36N2O3/c1-5-20-11-13-22(14-12-20)27-26(19(3)4)18-31-16-15-28(26)24-10-8-7-9-23(24)21(6-2)17-25(29)30/h7-14,19,21,27H,5-6,15-18H2,1-4H3,(H,29,30)/t21?,26-/m0/s1. The predicted octanol–water partition coefficient (Wildman–Crippen LogP) is 5.52. The summed E-state index contributed by atoms with van der Waals surface area (Å²) < 4.78 is 6.01. The third kappa shape index (κ3) is 5.04. The Morgan fingerprint density at radius 3 is 2.48 bits per heavy atom. The zero-order chi connectivity index (χ0) is 22.4. The molecule has 0 aliphatic carbocycles. The fraction of sp³-hybridized carbons (Fsp3) is 0.500. The van der Waals surface area contributed by atoms with E-state index in [9.17, 15) is 9.90 Å². The summed E-state index contributed by atoms with van der Waals surface area (Å²) in [6.07, 6.45) is 1.94. The van der Waals surface area contributed by atoms with Gasteiger partial charge in [0, 0.05) is 17.9 Å². The molecule has 1 heterocycles. The smallest absolute Gasteiger partial charge is 0.303 e. The normalized spacial score (nSPS) is 20.0. The number of carbonyl (C=O) groups is 1. The van der Waals surface area contributed by atoms with Gasteiger partial charge in [-0.3, -0.25) is 4.79 Å². The average Bonchev–Trinajstić information content (AvgIpc) is 2.78. The highest BCUT2D eigenvalue weighted by molar-refractivity contribution is 5.70. The maximum absolute atomic E-state index is 11.5. The number of aliphatic carboxylic acids is 1. The number of hydrogen-bond acceptors (Lipinski definition) is 4. The van der Waals surface area contributed by atoms with Crippen LogP contribution in [0.2, 0.25) is 0 Å². The average molecular weight is 425 g/mol. The molecule has 2 atom stereocenters. The Labute approximate surface area is 186 Å². The summed E-state index contributed by atoms with van der Waals surface area (Å²) in [5.74, 6) is -0.524. The first-order valence-electron chi connectivity index (χ1n) is 11.4. The van der Waals surface area contributed by atoms with Crippen LogP contribution in [0.1, 0.15) is 57.6 Å². The maximum Gasteiger partial charge on any atom is 0.303 e. The van der Waals surface area contributed by atoms with Crippen LogP contribution in [0.4, 0.5) is 11.4 Å². The number of para-hydroxylation sites is 1. The molecule has 168 valence electrons. The van der Waals surface area contributed by atoms with Crippen LogP contribution in [0.3, 0.4) is 0 Å². The fourth-order valence-corrected chi connectivity index (χ4v) is 4.56. The third-order valence-corrected chi connectivity index (χ3v) is 6.52. The molecule has 3 rings (SSSR count). The van der Waals surface area contributed by atoms with Gasteiger partial charge in [-0.25, -0.2) is 0 Å². The number of nitrogens with zero attached hydrogens (tertiary/aromatic N) is 1. The van der Waals surface area contributed by atoms with Gasteiger partial charge in [-0.1, -0.05) is 58.0 Å². The molecule has 1 aliphatic rings. The molecule has 0 radical (unpaired) electrons. The number of benzene rings is 2. The highest BCUT2D eigenvalue weighted by Crippen LogP contribution is 2.39. The number of anilines is 2. The molecular formula is C26H36N2O3. The highest BCUT2D eigenvalue weighted by Gasteiger charge is 2.44. The Morgan fingerprint density at radius 1 is 1.16 bits per heavy atom. The van der Waals surface area contributed by atoms with Crippen molar-refractivity contribution in [2.45, 2.75) is 58.5 Å². The number of hydrogen-bond donors (Lipinski definition) is 2. The van der Waals surface area contributed by atoms with E-state index in [0.29, 0.717) is 13.2 Å². The summed E-state index contributed by atoms with van der Waals surface area (Å²) in [6.45, 7) is 10.6. The monoisotopic (exact) mass is 424 g/mol. The van der Waals surface area contributed by atoms with Crippen LogP contribution in [0.25, 0.3) is 0 Å². The Kier molecular flexibility index (Phi) is 7.60. The van der Waals surface area contributed by atoms with E-state index >= 15 is 0 Å². The maximum atomic E-state index is 11.5. The molecular weight excluding hydrogens is 388 g/mol. The molecule has 1 aliphatic heterocycles. The molecule has 2 aromatic rings. The van der Waals surface area contributed by atoms with Crippen molar-refractivity contribution in [2.75, 3.05) is 30.0 Å². The van der Waals surface area contributed by atoms with E-state index < -0.39 is 11.6 Å². The number of carboxylic acid groups (broad SMARTS) is 1. The van der Waals surface area contributed by atoms with Crippen molar-refractivity contribution in [3.8, 4) is 0 Å². The molecule has 0 amide bonds. The van der Waals surface area contributed by atoms with E-state index in [1.165, 1.54) is 5.56 Å². The molecule has 31 heavy (non-hydrogen) atoms. The summed E-state index contributed by atoms with van der Waals surface area (Å²) in [5.41, 5.74) is 4.15. The number of nitrogens with one attached hydrogen (secondary N) is 1. The second-order valence-corrected chi connectivity index (χ2v) is 8.72. The summed E-state index contributed by atoms with van der Waals surface area (Å²) in [4.78, 5) is 13.9. The minimum Gasteiger partial charge on any atom is -0.481 e. The van der Waals surface area contributed by atoms with Crippen LogP contribution in [-0.4, -0.2) is 36.5 Å². The van der Waals surface area contributed by atoms with Crippen molar-refractivity contribution in [1.82, 2.24) is 0 Å². The van der Waals surface area contributed by atoms with Gasteiger partial charge in [0.05, 0.1) is 19.6 Å². The van der Waals surface area contributed by atoms with Gasteiger partial charge >= 0.3 is 5.97 Å². The summed E-state index contributed by atoms with van der Waals surface area (Å²) in [6, 6.07) is 16.9. The van der Waals surface area contributed by atoms with Gasteiger partial charge in [-0.2, -0.15) is 0 Å². The zero-order valence-electron chi connectivity index (χ0n) is 19.2. The van der Waals surface area contributed by atoms with Gasteiger partial charge in [0.2, 0.25) is 0 Å². The van der Waals surface area contributed by atoms with E-state index in [4.69, 9.17) is 4.74 Å². The SMILES string of the molecule is CCc1ccc(N[C@@]2(C(C)C)COCCN2c2ccccc2C(CC)CC(=O)O)cc1. The summed E-state index contributed by atoms with van der Waals surface area (Å²) >= 11 is 0. The number of morpholine rings is 1. The van der Waals surface area contributed by atoms with E-state index in [1.54, 1.807) is 0 Å². The lowest BCUT2D eigenvalue weighted by atomic mass is 9.87. The molecule has 5 nitrogen and oxygen atoms in total. The number of carboxylic acids is 1. The van der Waals surface area contributed by atoms with Crippen LogP contribution >= 0.6 is 0 Å². The lowest BCUT2D eigenvalue weighted by Gasteiger charge is -2.52. The van der Waals surface area contributed by atoms with Crippen molar-refractivity contribution in [3.63, 3.8) is 0 Å². The van der Waals surface area contributed by atoms with Crippen LogP contribution in [0, 0.1) is 5.92 Å². The van der Waals surface area contributed by atoms with Crippen LogP contribution in [-0.2, 0) is 16.0 Å². The first-order chi connectivity index (χ1) is 14.9. The minimum absolute atomic E-state index is 0.0229. The van der Waals surface area contributed by atoms with Gasteiger partial charge in [0.25, 0.3) is 0 Å². The third-order valence-electron chi connectivity index (χ3n) is 6.52. The van der Waals surface area contributed by atoms with Gasteiger partial charge in [-0.15, -0.1) is 0 Å². The van der Waals surface area contributed by atoms with Crippen LogP contribution < -0.4 is 10.2 Å². The second-order valence-electron chi connectivity index (χ2n) is 8.72. The topological polar surface area (TPSA) is 61.8 Å². The molecule has 0 bridgehead atoms. The molecule has 2 aromatic carbocycles. The zero-order valence-corrected chi connectivity index (χ0v) is 19.2. The van der Waals surface area contributed by atoms with E-state index in [0.717, 1.165) is 36.3 Å². The van der Waals surface area contributed by atoms with Crippen LogP contribution in [0.15, 0.2) is 48.5 Å². The number of ether oxygens (including phenoxy) is 1. The van der Waals surface area contributed by atoms with Gasteiger partial charge < -0.3 is 20.1 Å². The minimum atomic E-state index is -0.757. The lowest BCUT2D eigenvalue weighted by molar-refractivity contribution is -0.137. The molecule has 0 aromatic heterocycles. The summed E-state index contributed by atoms with van der Waals surface area (Å²) in [7, 11) is 0.